The molecule has 0 radical (unpaired) electrons. The van der Waals surface area contributed by atoms with Crippen molar-refractivity contribution in [2.24, 2.45) is 7.05 Å². The van der Waals surface area contributed by atoms with Crippen LogP contribution >= 0.6 is 0 Å². The summed E-state index contributed by atoms with van der Waals surface area (Å²) in [4.78, 5) is 24.6. The average Bonchev–Trinajstić information content (AvgIpc) is 3.08. The van der Waals surface area contributed by atoms with Crippen molar-refractivity contribution >= 4 is 23.3 Å². The predicted octanol–water partition coefficient (Wildman–Crippen LogP) is 3.25. The van der Waals surface area contributed by atoms with Crippen molar-refractivity contribution in [3.63, 3.8) is 0 Å². The molecule has 2 N–H and O–H groups in total. The molecule has 2 amide bonds. The SMILES string of the molecule is COc1cccc(NC(=O)c2cc(NC(=O)CCc3ccccc3)n(C)n2)c1. The zero-order valence-corrected chi connectivity index (χ0v) is 15.8. The van der Waals surface area contributed by atoms with Gasteiger partial charge in [0.1, 0.15) is 11.6 Å². The summed E-state index contributed by atoms with van der Waals surface area (Å²) < 4.78 is 6.62. The van der Waals surface area contributed by atoms with Crippen molar-refractivity contribution in [3.8, 4) is 5.75 Å². The van der Waals surface area contributed by atoms with Crippen LogP contribution in [0.1, 0.15) is 22.5 Å². The number of anilines is 2. The van der Waals surface area contributed by atoms with Crippen molar-refractivity contribution in [3.05, 3.63) is 71.9 Å². The summed E-state index contributed by atoms with van der Waals surface area (Å²) >= 11 is 0. The third kappa shape index (κ3) is 4.97. The maximum Gasteiger partial charge on any atom is 0.276 e. The highest BCUT2D eigenvalue weighted by Crippen LogP contribution is 2.18. The van der Waals surface area contributed by atoms with E-state index < -0.39 is 0 Å². The van der Waals surface area contributed by atoms with Crippen LogP contribution in [-0.4, -0.2) is 28.7 Å². The number of hydrogen-bond acceptors (Lipinski definition) is 4. The minimum atomic E-state index is -0.367. The van der Waals surface area contributed by atoms with Gasteiger partial charge in [-0.25, -0.2) is 0 Å². The monoisotopic (exact) mass is 378 g/mol. The third-order valence-corrected chi connectivity index (χ3v) is 4.19. The molecule has 0 aliphatic carbocycles. The lowest BCUT2D eigenvalue weighted by atomic mass is 10.1. The van der Waals surface area contributed by atoms with E-state index in [2.05, 4.69) is 15.7 Å². The second-order valence-corrected chi connectivity index (χ2v) is 6.26. The summed E-state index contributed by atoms with van der Waals surface area (Å²) in [5.74, 6) is 0.610. The number of amides is 2. The van der Waals surface area contributed by atoms with Crippen LogP contribution in [0.5, 0.6) is 5.75 Å². The number of benzene rings is 2. The van der Waals surface area contributed by atoms with Crippen LogP contribution in [0.25, 0.3) is 0 Å². The van der Waals surface area contributed by atoms with Crippen molar-refractivity contribution in [2.45, 2.75) is 12.8 Å². The number of carbonyl (C=O) groups is 2. The lowest BCUT2D eigenvalue weighted by Crippen LogP contribution is -2.14. The minimum Gasteiger partial charge on any atom is -0.497 e. The predicted molar refractivity (Wildman–Crippen MR) is 108 cm³/mol. The maximum atomic E-state index is 12.4. The Hall–Kier alpha value is -3.61. The fourth-order valence-electron chi connectivity index (χ4n) is 2.70. The van der Waals surface area contributed by atoms with Crippen LogP contribution in [0.3, 0.4) is 0 Å². The molecule has 1 heterocycles. The molecule has 144 valence electrons. The highest BCUT2D eigenvalue weighted by Gasteiger charge is 2.15. The largest absolute Gasteiger partial charge is 0.497 e. The van der Waals surface area contributed by atoms with Crippen LogP contribution in [-0.2, 0) is 18.3 Å². The highest BCUT2D eigenvalue weighted by atomic mass is 16.5. The number of nitrogens with one attached hydrogen (secondary N) is 2. The molecule has 0 saturated carbocycles. The number of ether oxygens (including phenoxy) is 1. The molecule has 3 rings (SSSR count). The summed E-state index contributed by atoms with van der Waals surface area (Å²) in [7, 11) is 3.24. The first-order chi connectivity index (χ1) is 13.5. The first-order valence-corrected chi connectivity index (χ1v) is 8.88. The molecule has 1 aromatic heterocycles. The molecule has 2 aromatic carbocycles. The lowest BCUT2D eigenvalue weighted by Gasteiger charge is -2.05. The number of aryl methyl sites for hydroxylation is 2. The second kappa shape index (κ2) is 8.85. The summed E-state index contributed by atoms with van der Waals surface area (Å²) in [6.45, 7) is 0. The van der Waals surface area contributed by atoms with Crippen molar-refractivity contribution < 1.29 is 14.3 Å². The van der Waals surface area contributed by atoms with Crippen LogP contribution in [0.4, 0.5) is 11.5 Å². The molecule has 7 nitrogen and oxygen atoms in total. The third-order valence-electron chi connectivity index (χ3n) is 4.19. The van der Waals surface area contributed by atoms with E-state index in [4.69, 9.17) is 4.74 Å². The summed E-state index contributed by atoms with van der Waals surface area (Å²) in [5.41, 5.74) is 1.91. The van der Waals surface area contributed by atoms with Gasteiger partial charge in [-0.15, -0.1) is 0 Å². The molecule has 0 fully saturated rings. The fourth-order valence-corrected chi connectivity index (χ4v) is 2.70. The summed E-state index contributed by atoms with van der Waals surface area (Å²) in [6, 6.07) is 18.4. The van der Waals surface area contributed by atoms with E-state index in [1.807, 2.05) is 30.3 Å². The van der Waals surface area contributed by atoms with Gasteiger partial charge in [0.25, 0.3) is 5.91 Å². The quantitative estimate of drug-likeness (QED) is 0.661. The molecule has 7 heteroatoms. The van der Waals surface area contributed by atoms with Gasteiger partial charge in [-0.05, 0) is 24.1 Å². The number of methoxy groups -OCH3 is 1. The Kier molecular flexibility index (Phi) is 6.06. The first kappa shape index (κ1) is 19.2. The van der Waals surface area contributed by atoms with Crippen LogP contribution in [0.15, 0.2) is 60.7 Å². The van der Waals surface area contributed by atoms with Crippen LogP contribution in [0, 0.1) is 0 Å². The normalized spacial score (nSPS) is 10.4. The number of carbonyl (C=O) groups excluding carboxylic acids is 2. The molecular formula is C21H22N4O3. The van der Waals surface area contributed by atoms with Gasteiger partial charge in [0.15, 0.2) is 5.69 Å². The second-order valence-electron chi connectivity index (χ2n) is 6.26. The van der Waals surface area contributed by atoms with Gasteiger partial charge >= 0.3 is 0 Å². The highest BCUT2D eigenvalue weighted by molar-refractivity contribution is 6.04. The van der Waals surface area contributed by atoms with E-state index in [0.717, 1.165) is 5.56 Å². The smallest absolute Gasteiger partial charge is 0.276 e. The van der Waals surface area contributed by atoms with Gasteiger partial charge in [-0.1, -0.05) is 36.4 Å². The van der Waals surface area contributed by atoms with Gasteiger partial charge in [-0.2, -0.15) is 5.10 Å². The first-order valence-electron chi connectivity index (χ1n) is 8.88. The van der Waals surface area contributed by atoms with E-state index in [1.165, 1.54) is 4.68 Å². The maximum absolute atomic E-state index is 12.4. The van der Waals surface area contributed by atoms with Gasteiger partial charge in [0.05, 0.1) is 7.11 Å². The fraction of sp³-hybridized carbons (Fsp3) is 0.190. The minimum absolute atomic E-state index is 0.133. The zero-order chi connectivity index (χ0) is 19.9. The van der Waals surface area contributed by atoms with E-state index in [1.54, 1.807) is 44.5 Å². The lowest BCUT2D eigenvalue weighted by molar-refractivity contribution is -0.116. The Labute approximate surface area is 163 Å². The van der Waals surface area contributed by atoms with Crippen molar-refractivity contribution in [1.29, 1.82) is 0 Å². The topological polar surface area (TPSA) is 85.3 Å². The molecule has 0 atom stereocenters. The Morgan fingerprint density at radius 3 is 2.57 bits per heavy atom. The molecule has 0 saturated heterocycles. The van der Waals surface area contributed by atoms with Crippen molar-refractivity contribution in [2.75, 3.05) is 17.7 Å². The van der Waals surface area contributed by atoms with Crippen molar-refractivity contribution in [1.82, 2.24) is 9.78 Å². The standard InChI is InChI=1S/C21H22N4O3/c1-25-19(23-20(26)12-11-15-7-4-3-5-8-15)14-18(24-25)21(27)22-16-9-6-10-17(13-16)28-2/h3-10,13-14H,11-12H2,1-2H3,(H,22,27)(H,23,26). The van der Waals surface area contributed by atoms with E-state index >= 15 is 0 Å². The van der Waals surface area contributed by atoms with Crippen LogP contribution in [0.2, 0.25) is 0 Å². The average molecular weight is 378 g/mol. The number of rotatable bonds is 7. The molecule has 0 aliphatic heterocycles. The number of nitrogens with zero attached hydrogens (tertiary/aromatic N) is 2. The van der Waals surface area contributed by atoms with Gasteiger partial charge < -0.3 is 15.4 Å². The summed E-state index contributed by atoms with van der Waals surface area (Å²) in [5, 5.41) is 9.74. The Balaban J connectivity index is 1.60. The molecule has 0 unspecified atom stereocenters. The van der Waals surface area contributed by atoms with Crippen LogP contribution < -0.4 is 15.4 Å². The van der Waals surface area contributed by atoms with E-state index in [-0.39, 0.29) is 17.5 Å². The number of aromatic nitrogens is 2. The molecule has 0 spiro atoms. The summed E-state index contributed by atoms with van der Waals surface area (Å²) in [6.07, 6.45) is 0.994. The Morgan fingerprint density at radius 2 is 1.82 bits per heavy atom. The molecule has 0 aliphatic rings. The Bertz CT molecular complexity index is 967. The number of hydrogen-bond donors (Lipinski definition) is 2. The van der Waals surface area contributed by atoms with Gasteiger partial charge in [0, 0.05) is 31.3 Å². The van der Waals surface area contributed by atoms with Gasteiger partial charge in [-0.3, -0.25) is 14.3 Å². The van der Waals surface area contributed by atoms with E-state index in [9.17, 15) is 9.59 Å². The molecular weight excluding hydrogens is 356 g/mol. The molecule has 3 aromatic rings. The van der Waals surface area contributed by atoms with E-state index in [0.29, 0.717) is 30.1 Å². The zero-order valence-electron chi connectivity index (χ0n) is 15.8. The van der Waals surface area contributed by atoms with Gasteiger partial charge in [0.2, 0.25) is 5.91 Å². The molecule has 28 heavy (non-hydrogen) atoms. The molecule has 0 bridgehead atoms. The Morgan fingerprint density at radius 1 is 1.04 bits per heavy atom.